The van der Waals surface area contributed by atoms with Crippen LogP contribution in [0.2, 0.25) is 0 Å². The topological polar surface area (TPSA) is 46.5 Å². The fraction of sp³-hybridized carbons (Fsp3) is 0.500. The number of alkyl halides is 3. The standard InChI is InChI=1S/C10H11F3O3S/c1-2-6-5-7(8(17-6)9(14)15)16-4-3-10(11,12)13/h5H,2-4H2,1H3,(H,14,15). The quantitative estimate of drug-likeness (QED) is 0.890. The Kier molecular flexibility index (Phi) is 4.39. The summed E-state index contributed by atoms with van der Waals surface area (Å²) in [6.07, 6.45) is -4.77. The van der Waals surface area contributed by atoms with Gasteiger partial charge >= 0.3 is 12.1 Å². The summed E-state index contributed by atoms with van der Waals surface area (Å²) < 4.78 is 40.6. The van der Waals surface area contributed by atoms with Gasteiger partial charge < -0.3 is 9.84 Å². The lowest BCUT2D eigenvalue weighted by atomic mass is 10.3. The van der Waals surface area contributed by atoms with E-state index < -0.39 is 25.2 Å². The Morgan fingerprint density at radius 1 is 1.53 bits per heavy atom. The molecule has 3 nitrogen and oxygen atoms in total. The molecule has 17 heavy (non-hydrogen) atoms. The average molecular weight is 268 g/mol. The Morgan fingerprint density at radius 3 is 2.65 bits per heavy atom. The van der Waals surface area contributed by atoms with E-state index in [2.05, 4.69) is 0 Å². The van der Waals surface area contributed by atoms with Crippen LogP contribution in [0.25, 0.3) is 0 Å². The fourth-order valence-electron chi connectivity index (χ4n) is 1.13. The van der Waals surface area contributed by atoms with Gasteiger partial charge in [0.15, 0.2) is 4.88 Å². The van der Waals surface area contributed by atoms with E-state index in [1.165, 1.54) is 6.07 Å². The summed E-state index contributed by atoms with van der Waals surface area (Å²) >= 11 is 1.02. The lowest BCUT2D eigenvalue weighted by molar-refractivity contribution is -0.139. The van der Waals surface area contributed by atoms with Crippen LogP contribution in [0.3, 0.4) is 0 Å². The van der Waals surface area contributed by atoms with Crippen molar-refractivity contribution < 1.29 is 27.8 Å². The number of rotatable bonds is 5. The van der Waals surface area contributed by atoms with Gasteiger partial charge in [-0.15, -0.1) is 11.3 Å². The third-order valence-corrected chi connectivity index (χ3v) is 3.18. The molecule has 0 atom stereocenters. The fourth-order valence-corrected chi connectivity index (χ4v) is 2.01. The lowest BCUT2D eigenvalue weighted by Crippen LogP contribution is -2.13. The van der Waals surface area contributed by atoms with Crippen LogP contribution < -0.4 is 4.74 Å². The maximum Gasteiger partial charge on any atom is 0.392 e. The number of ether oxygens (including phenoxy) is 1. The summed E-state index contributed by atoms with van der Waals surface area (Å²) in [4.78, 5) is 11.5. The van der Waals surface area contributed by atoms with Crippen LogP contribution in [-0.4, -0.2) is 23.9 Å². The van der Waals surface area contributed by atoms with Gasteiger partial charge in [0.1, 0.15) is 5.75 Å². The Bertz CT molecular complexity index is 398. The van der Waals surface area contributed by atoms with Crippen molar-refractivity contribution >= 4 is 17.3 Å². The molecule has 1 heterocycles. The van der Waals surface area contributed by atoms with E-state index in [0.717, 1.165) is 16.2 Å². The zero-order valence-electron chi connectivity index (χ0n) is 9.00. The predicted octanol–water partition coefficient (Wildman–Crippen LogP) is 3.34. The molecule has 0 aliphatic heterocycles. The Labute approximate surface area is 99.8 Å². The monoisotopic (exact) mass is 268 g/mol. The number of aromatic carboxylic acids is 1. The molecular formula is C10H11F3O3S. The van der Waals surface area contributed by atoms with Crippen LogP contribution in [-0.2, 0) is 6.42 Å². The molecule has 0 spiro atoms. The molecule has 0 amide bonds. The van der Waals surface area contributed by atoms with Crippen molar-refractivity contribution in [2.45, 2.75) is 25.9 Å². The van der Waals surface area contributed by atoms with Gasteiger partial charge in [-0.2, -0.15) is 13.2 Å². The Balaban J connectivity index is 2.69. The van der Waals surface area contributed by atoms with Crippen molar-refractivity contribution in [3.05, 3.63) is 15.8 Å². The van der Waals surface area contributed by atoms with Gasteiger partial charge in [-0.3, -0.25) is 0 Å². The van der Waals surface area contributed by atoms with Crippen molar-refractivity contribution in [1.29, 1.82) is 0 Å². The molecule has 1 rings (SSSR count). The molecule has 1 N–H and O–H groups in total. The molecule has 0 aromatic carbocycles. The van der Waals surface area contributed by atoms with Gasteiger partial charge in [0, 0.05) is 4.88 Å². The molecule has 0 aliphatic rings. The molecule has 0 unspecified atom stereocenters. The molecule has 7 heteroatoms. The minimum absolute atomic E-state index is 0.0172. The molecule has 0 saturated carbocycles. The van der Waals surface area contributed by atoms with Gasteiger partial charge in [0.25, 0.3) is 0 Å². The third kappa shape index (κ3) is 4.26. The van der Waals surface area contributed by atoms with E-state index in [1.54, 1.807) is 0 Å². The summed E-state index contributed by atoms with van der Waals surface area (Å²) in [6.45, 7) is 1.26. The number of carboxylic acid groups (broad SMARTS) is 1. The minimum Gasteiger partial charge on any atom is -0.491 e. The first-order valence-corrected chi connectivity index (χ1v) is 5.70. The third-order valence-electron chi connectivity index (χ3n) is 1.93. The normalized spacial score (nSPS) is 11.5. The number of hydrogen-bond donors (Lipinski definition) is 1. The van der Waals surface area contributed by atoms with E-state index >= 15 is 0 Å². The lowest BCUT2D eigenvalue weighted by Gasteiger charge is -2.07. The highest BCUT2D eigenvalue weighted by Gasteiger charge is 2.27. The number of thiophene rings is 1. The molecule has 0 saturated heterocycles. The Hall–Kier alpha value is -1.24. The van der Waals surface area contributed by atoms with Crippen LogP contribution in [0.5, 0.6) is 5.75 Å². The van der Waals surface area contributed by atoms with Gasteiger partial charge in [0.05, 0.1) is 13.0 Å². The first-order valence-electron chi connectivity index (χ1n) is 4.89. The number of aryl methyl sites for hydroxylation is 1. The van der Waals surface area contributed by atoms with Crippen molar-refractivity contribution in [1.82, 2.24) is 0 Å². The van der Waals surface area contributed by atoms with Crippen molar-refractivity contribution in [2.75, 3.05) is 6.61 Å². The van der Waals surface area contributed by atoms with E-state index in [4.69, 9.17) is 9.84 Å². The average Bonchev–Trinajstić information content (AvgIpc) is 2.59. The van der Waals surface area contributed by atoms with Gasteiger partial charge in [0.2, 0.25) is 0 Å². The van der Waals surface area contributed by atoms with Crippen LogP contribution in [0.1, 0.15) is 27.9 Å². The number of halogens is 3. The second-order valence-electron chi connectivity index (χ2n) is 3.28. The van der Waals surface area contributed by atoms with Crippen LogP contribution >= 0.6 is 11.3 Å². The van der Waals surface area contributed by atoms with E-state index in [9.17, 15) is 18.0 Å². The maximum atomic E-state index is 11.9. The molecule has 0 radical (unpaired) electrons. The molecular weight excluding hydrogens is 257 g/mol. The molecule has 1 aromatic rings. The first kappa shape index (κ1) is 13.8. The summed E-state index contributed by atoms with van der Waals surface area (Å²) in [7, 11) is 0. The van der Waals surface area contributed by atoms with E-state index in [0.29, 0.717) is 6.42 Å². The SMILES string of the molecule is CCc1cc(OCCC(F)(F)F)c(C(=O)O)s1. The first-order chi connectivity index (χ1) is 7.83. The molecule has 0 bridgehead atoms. The molecule has 1 aromatic heterocycles. The Morgan fingerprint density at radius 2 is 2.18 bits per heavy atom. The van der Waals surface area contributed by atoms with E-state index in [-0.39, 0.29) is 10.6 Å². The van der Waals surface area contributed by atoms with Gasteiger partial charge in [-0.25, -0.2) is 4.79 Å². The summed E-state index contributed by atoms with van der Waals surface area (Å²) in [5.41, 5.74) is 0. The van der Waals surface area contributed by atoms with Crippen LogP contribution in [0.15, 0.2) is 6.07 Å². The molecule has 0 aliphatic carbocycles. The van der Waals surface area contributed by atoms with Crippen molar-refractivity contribution in [2.24, 2.45) is 0 Å². The zero-order chi connectivity index (χ0) is 13.1. The van der Waals surface area contributed by atoms with Gasteiger partial charge in [-0.1, -0.05) is 6.92 Å². The van der Waals surface area contributed by atoms with Crippen LogP contribution in [0, 0.1) is 0 Å². The largest absolute Gasteiger partial charge is 0.491 e. The number of carboxylic acids is 1. The highest BCUT2D eigenvalue weighted by Crippen LogP contribution is 2.30. The van der Waals surface area contributed by atoms with Crippen LogP contribution in [0.4, 0.5) is 13.2 Å². The highest BCUT2D eigenvalue weighted by atomic mass is 32.1. The smallest absolute Gasteiger partial charge is 0.392 e. The number of carbonyl (C=O) groups is 1. The number of hydrogen-bond acceptors (Lipinski definition) is 3. The minimum atomic E-state index is -4.30. The second-order valence-corrected chi connectivity index (χ2v) is 4.42. The van der Waals surface area contributed by atoms with Gasteiger partial charge in [-0.05, 0) is 12.5 Å². The summed E-state index contributed by atoms with van der Waals surface area (Å²) in [5, 5.41) is 8.84. The molecule has 96 valence electrons. The summed E-state index contributed by atoms with van der Waals surface area (Å²) in [5.74, 6) is -1.17. The maximum absolute atomic E-state index is 11.9. The van der Waals surface area contributed by atoms with E-state index in [1.807, 2.05) is 6.92 Å². The van der Waals surface area contributed by atoms with Crippen molar-refractivity contribution in [3.63, 3.8) is 0 Å². The van der Waals surface area contributed by atoms with Crippen molar-refractivity contribution in [3.8, 4) is 5.75 Å². The second kappa shape index (κ2) is 5.39. The highest BCUT2D eigenvalue weighted by molar-refractivity contribution is 7.14. The zero-order valence-corrected chi connectivity index (χ0v) is 9.82. The predicted molar refractivity (Wildman–Crippen MR) is 56.8 cm³/mol. The summed E-state index contributed by atoms with van der Waals surface area (Å²) in [6, 6.07) is 1.48. The molecule has 0 fully saturated rings.